The molecule has 1 heterocycles. The average molecular weight is 486 g/mol. The second-order valence-electron chi connectivity index (χ2n) is 8.84. The van der Waals surface area contributed by atoms with E-state index in [4.69, 9.17) is 14.2 Å². The third-order valence-electron chi connectivity index (χ3n) is 6.77. The highest BCUT2D eigenvalue weighted by Crippen LogP contribution is 2.39. The number of benzene rings is 4. The van der Waals surface area contributed by atoms with Crippen LogP contribution >= 0.6 is 0 Å². The van der Waals surface area contributed by atoms with Gasteiger partial charge in [0.2, 0.25) is 5.91 Å². The number of halogens is 1. The molecule has 184 valence electrons. The summed E-state index contributed by atoms with van der Waals surface area (Å²) in [6.07, 6.45) is 0.987. The maximum absolute atomic E-state index is 13.7. The standard InChI is InChI=1S/C30H28FNO4/c1-34-28-16-22-14-15-32(30(33)17-21-8-5-7-20-6-3-4-9-25(20)21)27(26(22)18-29(28)35-2)19-36-24-12-10-23(31)11-13-24/h3-13,16,18,27H,14-15,17,19H2,1-2H3/t27-/m0/s1. The molecule has 0 saturated carbocycles. The molecule has 0 aromatic heterocycles. The molecular weight excluding hydrogens is 457 g/mol. The molecule has 0 aliphatic carbocycles. The van der Waals surface area contributed by atoms with Crippen molar-refractivity contribution >= 4 is 16.7 Å². The summed E-state index contributed by atoms with van der Waals surface area (Å²) in [6.45, 7) is 0.791. The van der Waals surface area contributed by atoms with Crippen LogP contribution in [0.5, 0.6) is 17.2 Å². The van der Waals surface area contributed by atoms with Crippen molar-refractivity contribution in [3.8, 4) is 17.2 Å². The molecule has 4 aromatic carbocycles. The van der Waals surface area contributed by atoms with Crippen LogP contribution < -0.4 is 14.2 Å². The predicted octanol–water partition coefficient (Wildman–Crippen LogP) is 5.74. The number of hydrogen-bond donors (Lipinski definition) is 0. The lowest BCUT2D eigenvalue weighted by Crippen LogP contribution is -2.43. The van der Waals surface area contributed by atoms with Crippen LogP contribution in [-0.2, 0) is 17.6 Å². The number of carbonyl (C=O) groups excluding carboxylic acids is 1. The van der Waals surface area contributed by atoms with Gasteiger partial charge in [-0.25, -0.2) is 4.39 Å². The first-order chi connectivity index (χ1) is 17.6. The molecule has 0 spiro atoms. The number of rotatable bonds is 7. The van der Waals surface area contributed by atoms with E-state index in [1.165, 1.54) is 12.1 Å². The number of ether oxygens (including phenoxy) is 3. The Kier molecular flexibility index (Phi) is 6.76. The number of carbonyl (C=O) groups is 1. The van der Waals surface area contributed by atoms with Crippen molar-refractivity contribution in [1.82, 2.24) is 4.90 Å². The van der Waals surface area contributed by atoms with E-state index in [-0.39, 0.29) is 30.8 Å². The zero-order valence-corrected chi connectivity index (χ0v) is 20.4. The molecule has 0 radical (unpaired) electrons. The highest BCUT2D eigenvalue weighted by Gasteiger charge is 2.33. The van der Waals surface area contributed by atoms with Gasteiger partial charge in [0.25, 0.3) is 0 Å². The number of fused-ring (bicyclic) bond motifs is 2. The molecule has 5 nitrogen and oxygen atoms in total. The lowest BCUT2D eigenvalue weighted by molar-refractivity contribution is -0.134. The number of methoxy groups -OCH3 is 2. The van der Waals surface area contributed by atoms with Gasteiger partial charge in [-0.05, 0) is 70.3 Å². The van der Waals surface area contributed by atoms with E-state index in [0.717, 1.165) is 27.5 Å². The summed E-state index contributed by atoms with van der Waals surface area (Å²) in [5.41, 5.74) is 3.05. The van der Waals surface area contributed by atoms with Gasteiger partial charge in [-0.15, -0.1) is 0 Å². The van der Waals surface area contributed by atoms with Crippen molar-refractivity contribution < 1.29 is 23.4 Å². The Morgan fingerprint density at radius 3 is 2.44 bits per heavy atom. The molecule has 36 heavy (non-hydrogen) atoms. The van der Waals surface area contributed by atoms with E-state index in [1.807, 2.05) is 41.3 Å². The molecule has 0 N–H and O–H groups in total. The fourth-order valence-corrected chi connectivity index (χ4v) is 4.92. The SMILES string of the molecule is COc1cc2c(cc1OC)[C@H](COc1ccc(F)cc1)N(C(=O)Cc1cccc3ccccc13)CC2. The molecule has 0 unspecified atom stereocenters. The molecule has 1 atom stereocenters. The topological polar surface area (TPSA) is 48.0 Å². The summed E-state index contributed by atoms with van der Waals surface area (Å²) >= 11 is 0. The lowest BCUT2D eigenvalue weighted by atomic mass is 9.91. The number of hydrogen-bond acceptors (Lipinski definition) is 4. The van der Waals surface area contributed by atoms with Crippen LogP contribution in [0.2, 0.25) is 0 Å². The minimum Gasteiger partial charge on any atom is -0.493 e. The molecule has 1 aliphatic heterocycles. The van der Waals surface area contributed by atoms with Crippen LogP contribution in [0.4, 0.5) is 4.39 Å². The fourth-order valence-electron chi connectivity index (χ4n) is 4.92. The lowest BCUT2D eigenvalue weighted by Gasteiger charge is -2.38. The predicted molar refractivity (Wildman–Crippen MR) is 137 cm³/mol. The minimum atomic E-state index is -0.332. The van der Waals surface area contributed by atoms with Gasteiger partial charge in [-0.1, -0.05) is 42.5 Å². The maximum atomic E-state index is 13.7. The van der Waals surface area contributed by atoms with Crippen LogP contribution in [0.3, 0.4) is 0 Å². The zero-order valence-electron chi connectivity index (χ0n) is 20.4. The van der Waals surface area contributed by atoms with Crippen molar-refractivity contribution in [3.05, 3.63) is 101 Å². The largest absolute Gasteiger partial charge is 0.493 e. The minimum absolute atomic E-state index is 0.0273. The van der Waals surface area contributed by atoms with Crippen LogP contribution in [0.1, 0.15) is 22.7 Å². The highest BCUT2D eigenvalue weighted by molar-refractivity contribution is 5.90. The first kappa shape index (κ1) is 23.7. The molecule has 4 aromatic rings. The van der Waals surface area contributed by atoms with Crippen molar-refractivity contribution in [1.29, 1.82) is 0 Å². The van der Waals surface area contributed by atoms with Crippen molar-refractivity contribution in [3.63, 3.8) is 0 Å². The smallest absolute Gasteiger partial charge is 0.227 e. The third-order valence-corrected chi connectivity index (χ3v) is 6.77. The number of amides is 1. The van der Waals surface area contributed by atoms with Crippen LogP contribution in [0.25, 0.3) is 10.8 Å². The summed E-state index contributed by atoms with van der Waals surface area (Å²) < 4.78 is 30.5. The summed E-state index contributed by atoms with van der Waals surface area (Å²) in [7, 11) is 3.21. The van der Waals surface area contributed by atoms with E-state index in [0.29, 0.717) is 30.2 Å². The quantitative estimate of drug-likeness (QED) is 0.335. The van der Waals surface area contributed by atoms with Gasteiger partial charge in [0.15, 0.2) is 11.5 Å². The fraction of sp³-hybridized carbons (Fsp3) is 0.233. The Balaban J connectivity index is 1.47. The summed E-state index contributed by atoms with van der Waals surface area (Å²) in [6, 6.07) is 23.6. The van der Waals surface area contributed by atoms with E-state index < -0.39 is 0 Å². The average Bonchev–Trinajstić information content (AvgIpc) is 2.91. The van der Waals surface area contributed by atoms with Gasteiger partial charge in [0.05, 0.1) is 26.7 Å². The molecule has 5 rings (SSSR count). The van der Waals surface area contributed by atoms with Gasteiger partial charge in [0.1, 0.15) is 18.2 Å². The molecule has 6 heteroatoms. The van der Waals surface area contributed by atoms with Crippen molar-refractivity contribution in [2.24, 2.45) is 0 Å². The van der Waals surface area contributed by atoms with E-state index in [2.05, 4.69) is 18.2 Å². The Morgan fingerprint density at radius 2 is 1.67 bits per heavy atom. The zero-order chi connectivity index (χ0) is 25.1. The molecule has 0 bridgehead atoms. The van der Waals surface area contributed by atoms with Gasteiger partial charge >= 0.3 is 0 Å². The normalized spacial score (nSPS) is 14.9. The first-order valence-corrected chi connectivity index (χ1v) is 12.0. The van der Waals surface area contributed by atoms with Crippen molar-refractivity contribution in [2.75, 3.05) is 27.4 Å². The monoisotopic (exact) mass is 485 g/mol. The van der Waals surface area contributed by atoms with Crippen LogP contribution in [0, 0.1) is 5.82 Å². The molecule has 0 saturated heterocycles. The Labute approximate surface area is 210 Å². The molecule has 0 fully saturated rings. The second-order valence-corrected chi connectivity index (χ2v) is 8.84. The maximum Gasteiger partial charge on any atom is 0.227 e. The third kappa shape index (κ3) is 4.71. The molecule has 1 aliphatic rings. The molecular formula is C30H28FNO4. The highest BCUT2D eigenvalue weighted by atomic mass is 19.1. The summed E-state index contributed by atoms with van der Waals surface area (Å²) in [4.78, 5) is 15.6. The van der Waals surface area contributed by atoms with Crippen molar-refractivity contribution in [2.45, 2.75) is 18.9 Å². The second kappa shape index (κ2) is 10.3. The number of nitrogens with zero attached hydrogens (tertiary/aromatic N) is 1. The summed E-state index contributed by atoms with van der Waals surface area (Å²) in [5.74, 6) is 1.51. The van der Waals surface area contributed by atoms with Gasteiger partial charge in [0, 0.05) is 6.54 Å². The van der Waals surface area contributed by atoms with E-state index in [1.54, 1.807) is 26.4 Å². The van der Waals surface area contributed by atoms with Crippen LogP contribution in [-0.4, -0.2) is 38.2 Å². The summed E-state index contributed by atoms with van der Waals surface area (Å²) in [5, 5.41) is 2.19. The first-order valence-electron chi connectivity index (χ1n) is 12.0. The Hall–Kier alpha value is -4.06. The van der Waals surface area contributed by atoms with E-state index in [9.17, 15) is 9.18 Å². The van der Waals surface area contributed by atoms with Gasteiger partial charge in [-0.2, -0.15) is 0 Å². The van der Waals surface area contributed by atoms with E-state index >= 15 is 0 Å². The Morgan fingerprint density at radius 1 is 0.944 bits per heavy atom. The molecule has 1 amide bonds. The van der Waals surface area contributed by atoms with Gasteiger partial charge < -0.3 is 19.1 Å². The Bertz CT molecular complexity index is 1380. The van der Waals surface area contributed by atoms with Crippen LogP contribution in [0.15, 0.2) is 78.9 Å². The van der Waals surface area contributed by atoms with Gasteiger partial charge in [-0.3, -0.25) is 4.79 Å².